The summed E-state index contributed by atoms with van der Waals surface area (Å²) in [5.41, 5.74) is 6.22. The molecule has 7 heteroatoms. The fourth-order valence-corrected chi connectivity index (χ4v) is 2.22. The lowest BCUT2D eigenvalue weighted by atomic mass is 9.94. The third kappa shape index (κ3) is 3.93. The van der Waals surface area contributed by atoms with Crippen molar-refractivity contribution in [2.45, 2.75) is 32.2 Å². The fraction of sp³-hybridized carbons (Fsp3) is 0.500. The normalized spacial score (nSPS) is 12.8. The van der Waals surface area contributed by atoms with Gasteiger partial charge in [0.05, 0.1) is 5.02 Å². The van der Waals surface area contributed by atoms with Gasteiger partial charge in [0.15, 0.2) is 11.5 Å². The van der Waals surface area contributed by atoms with E-state index in [9.17, 15) is 4.79 Å². The van der Waals surface area contributed by atoms with Crippen LogP contribution in [0.15, 0.2) is 12.1 Å². The van der Waals surface area contributed by atoms with Crippen LogP contribution in [0.4, 0.5) is 0 Å². The minimum atomic E-state index is -0.379. The van der Waals surface area contributed by atoms with Gasteiger partial charge in [-0.05, 0) is 25.0 Å². The van der Waals surface area contributed by atoms with Crippen LogP contribution in [-0.4, -0.2) is 24.8 Å². The Hall–Kier alpha value is -1.17. The second-order valence-electron chi connectivity index (χ2n) is 4.94. The van der Waals surface area contributed by atoms with Crippen molar-refractivity contribution in [3.63, 3.8) is 0 Å². The molecule has 0 aliphatic carbocycles. The first-order valence-corrected chi connectivity index (χ1v) is 7.03. The number of rotatable bonds is 5. The molecule has 0 bridgehead atoms. The van der Waals surface area contributed by atoms with Crippen molar-refractivity contribution >= 4 is 29.9 Å². The van der Waals surface area contributed by atoms with Gasteiger partial charge in [-0.3, -0.25) is 4.79 Å². The number of hydrogen-bond acceptors (Lipinski definition) is 4. The van der Waals surface area contributed by atoms with Crippen molar-refractivity contribution in [3.8, 4) is 11.5 Å². The monoisotopic (exact) mass is 334 g/mol. The molecule has 2 rings (SSSR count). The van der Waals surface area contributed by atoms with Crippen molar-refractivity contribution in [1.29, 1.82) is 0 Å². The van der Waals surface area contributed by atoms with Crippen LogP contribution in [0.2, 0.25) is 5.02 Å². The first-order valence-electron chi connectivity index (χ1n) is 6.65. The van der Waals surface area contributed by atoms with E-state index in [0.29, 0.717) is 28.6 Å². The molecular weight excluding hydrogens is 315 g/mol. The van der Waals surface area contributed by atoms with Crippen LogP contribution < -0.4 is 20.5 Å². The Balaban J connectivity index is 0.00000220. The summed E-state index contributed by atoms with van der Waals surface area (Å²) in [4.78, 5) is 12.2. The first-order chi connectivity index (χ1) is 9.49. The summed E-state index contributed by atoms with van der Waals surface area (Å²) < 4.78 is 10.5. The summed E-state index contributed by atoms with van der Waals surface area (Å²) in [6.45, 7) is 4.56. The SMILES string of the molecule is CCC(N)(CC)CNC(=O)c1cc(Cl)c2c(c1)OCO2.Cl. The van der Waals surface area contributed by atoms with E-state index < -0.39 is 0 Å². The molecule has 1 aromatic rings. The fourth-order valence-electron chi connectivity index (χ4n) is 1.96. The van der Waals surface area contributed by atoms with E-state index in [0.717, 1.165) is 12.8 Å². The Kier molecular flexibility index (Phi) is 6.13. The van der Waals surface area contributed by atoms with Gasteiger partial charge in [-0.15, -0.1) is 12.4 Å². The van der Waals surface area contributed by atoms with Gasteiger partial charge in [0, 0.05) is 17.6 Å². The van der Waals surface area contributed by atoms with Crippen LogP contribution >= 0.6 is 24.0 Å². The summed E-state index contributed by atoms with van der Waals surface area (Å²) in [6.07, 6.45) is 1.59. The minimum absolute atomic E-state index is 0. The van der Waals surface area contributed by atoms with E-state index in [2.05, 4.69) is 5.32 Å². The van der Waals surface area contributed by atoms with Gasteiger partial charge in [-0.25, -0.2) is 0 Å². The number of carbonyl (C=O) groups excluding carboxylic acids is 1. The molecule has 1 heterocycles. The Morgan fingerprint density at radius 2 is 2.05 bits per heavy atom. The van der Waals surface area contributed by atoms with Crippen LogP contribution in [0.25, 0.3) is 0 Å². The van der Waals surface area contributed by atoms with Crippen molar-refractivity contribution < 1.29 is 14.3 Å². The lowest BCUT2D eigenvalue weighted by Gasteiger charge is -2.26. The number of ether oxygens (including phenoxy) is 2. The molecule has 1 aliphatic rings. The van der Waals surface area contributed by atoms with Crippen molar-refractivity contribution in [2.75, 3.05) is 13.3 Å². The summed E-state index contributed by atoms with van der Waals surface area (Å²) in [5, 5.41) is 3.21. The first kappa shape index (κ1) is 17.9. The lowest BCUT2D eigenvalue weighted by molar-refractivity contribution is 0.0941. The van der Waals surface area contributed by atoms with Crippen LogP contribution in [-0.2, 0) is 0 Å². The van der Waals surface area contributed by atoms with E-state index in [4.69, 9.17) is 26.8 Å². The van der Waals surface area contributed by atoms with E-state index in [1.165, 1.54) is 0 Å². The molecule has 1 aliphatic heterocycles. The number of hydrogen-bond donors (Lipinski definition) is 2. The smallest absolute Gasteiger partial charge is 0.251 e. The number of nitrogens with one attached hydrogen (secondary N) is 1. The van der Waals surface area contributed by atoms with Crippen LogP contribution in [0, 0.1) is 0 Å². The zero-order chi connectivity index (χ0) is 14.8. The number of carbonyl (C=O) groups is 1. The average Bonchev–Trinajstić information content (AvgIpc) is 2.93. The predicted octanol–water partition coefficient (Wildman–Crippen LogP) is 2.74. The van der Waals surface area contributed by atoms with Crippen molar-refractivity contribution in [3.05, 3.63) is 22.7 Å². The van der Waals surface area contributed by atoms with Gasteiger partial charge < -0.3 is 20.5 Å². The molecule has 1 aromatic carbocycles. The maximum Gasteiger partial charge on any atom is 0.251 e. The van der Waals surface area contributed by atoms with E-state index >= 15 is 0 Å². The van der Waals surface area contributed by atoms with Gasteiger partial charge in [0.1, 0.15) is 0 Å². The number of amides is 1. The molecule has 0 atom stereocenters. The molecule has 0 saturated carbocycles. The third-order valence-corrected chi connectivity index (χ3v) is 3.98. The molecule has 0 aromatic heterocycles. The summed E-state index contributed by atoms with van der Waals surface area (Å²) in [7, 11) is 0. The average molecular weight is 335 g/mol. The van der Waals surface area contributed by atoms with Crippen LogP contribution in [0.1, 0.15) is 37.0 Å². The maximum atomic E-state index is 12.2. The standard InChI is InChI=1S/C14H19ClN2O3.ClH/c1-3-14(16,4-2)7-17-13(18)9-5-10(15)12-11(6-9)19-8-20-12;/h5-6H,3-4,7-8,16H2,1-2H3,(H,17,18);1H. The largest absolute Gasteiger partial charge is 0.454 e. The topological polar surface area (TPSA) is 73.6 Å². The maximum absolute atomic E-state index is 12.2. The van der Waals surface area contributed by atoms with Crippen molar-refractivity contribution in [2.24, 2.45) is 5.73 Å². The molecule has 118 valence electrons. The number of fused-ring (bicyclic) bond motifs is 1. The molecule has 0 fully saturated rings. The molecule has 0 unspecified atom stereocenters. The zero-order valence-electron chi connectivity index (χ0n) is 12.1. The lowest BCUT2D eigenvalue weighted by Crippen LogP contribution is -2.49. The second kappa shape index (κ2) is 7.20. The molecule has 5 nitrogen and oxygen atoms in total. The molecule has 3 N–H and O–H groups in total. The number of nitrogens with two attached hydrogens (primary N) is 1. The second-order valence-corrected chi connectivity index (χ2v) is 5.35. The zero-order valence-corrected chi connectivity index (χ0v) is 13.6. The van der Waals surface area contributed by atoms with Gasteiger partial charge in [-0.1, -0.05) is 25.4 Å². The third-order valence-electron chi connectivity index (χ3n) is 3.70. The van der Waals surface area contributed by atoms with Gasteiger partial charge in [0.2, 0.25) is 6.79 Å². The minimum Gasteiger partial charge on any atom is -0.454 e. The van der Waals surface area contributed by atoms with Crippen molar-refractivity contribution in [1.82, 2.24) is 5.32 Å². The Morgan fingerprint density at radius 3 is 2.67 bits per heavy atom. The summed E-state index contributed by atoms with van der Waals surface area (Å²) in [6, 6.07) is 3.19. The highest BCUT2D eigenvalue weighted by molar-refractivity contribution is 6.32. The van der Waals surface area contributed by atoms with E-state index in [1.807, 2.05) is 13.8 Å². The predicted molar refractivity (Wildman–Crippen MR) is 84.7 cm³/mol. The molecule has 1 amide bonds. The number of halogens is 2. The van der Waals surface area contributed by atoms with Gasteiger partial charge >= 0.3 is 0 Å². The Bertz CT molecular complexity index is 519. The van der Waals surface area contributed by atoms with Gasteiger partial charge in [0.25, 0.3) is 5.91 Å². The quantitative estimate of drug-likeness (QED) is 0.868. The highest BCUT2D eigenvalue weighted by Crippen LogP contribution is 2.39. The molecule has 0 radical (unpaired) electrons. The summed E-state index contributed by atoms with van der Waals surface area (Å²) in [5.74, 6) is 0.757. The molecule has 21 heavy (non-hydrogen) atoms. The highest BCUT2D eigenvalue weighted by atomic mass is 35.5. The van der Waals surface area contributed by atoms with Gasteiger partial charge in [-0.2, -0.15) is 0 Å². The molecule has 0 saturated heterocycles. The molecule has 0 spiro atoms. The van der Waals surface area contributed by atoms with E-state index in [1.54, 1.807) is 12.1 Å². The Labute approximate surface area is 135 Å². The highest BCUT2D eigenvalue weighted by Gasteiger charge is 2.23. The molecular formula is C14H20Cl2N2O3. The Morgan fingerprint density at radius 1 is 1.38 bits per heavy atom. The number of benzene rings is 1. The van der Waals surface area contributed by atoms with Crippen LogP contribution in [0.3, 0.4) is 0 Å². The van der Waals surface area contributed by atoms with Crippen LogP contribution in [0.5, 0.6) is 11.5 Å². The van der Waals surface area contributed by atoms with E-state index in [-0.39, 0.29) is 30.6 Å². The summed E-state index contributed by atoms with van der Waals surface area (Å²) >= 11 is 6.05.